The Labute approximate surface area is 165 Å². The van der Waals surface area contributed by atoms with E-state index in [1.54, 1.807) is 7.11 Å². The zero-order chi connectivity index (χ0) is 19.5. The van der Waals surface area contributed by atoms with E-state index in [4.69, 9.17) is 9.15 Å². The number of quaternary nitrogens is 1. The largest absolute Gasteiger partial charge is 0.497 e. The summed E-state index contributed by atoms with van der Waals surface area (Å²) in [5.74, 6) is 2.20. The molecule has 0 bridgehead atoms. The molecule has 0 spiro atoms. The number of methoxy groups -OCH3 is 1. The van der Waals surface area contributed by atoms with Crippen LogP contribution in [-0.4, -0.2) is 43.5 Å². The third-order valence-corrected chi connectivity index (χ3v) is 5.53. The first-order valence-electron chi connectivity index (χ1n) is 9.78. The monoisotopic (exact) mass is 379 g/mol. The molecular weight excluding hydrogens is 352 g/mol. The minimum absolute atomic E-state index is 0.184. The third kappa shape index (κ3) is 3.87. The van der Waals surface area contributed by atoms with Crippen LogP contribution in [0.5, 0.6) is 5.75 Å². The number of aryl methyl sites for hydroxylation is 1. The lowest BCUT2D eigenvalue weighted by molar-refractivity contribution is -0.931. The van der Waals surface area contributed by atoms with Gasteiger partial charge < -0.3 is 19.0 Å². The fraction of sp³-hybridized carbons (Fsp3) is 0.364. The highest BCUT2D eigenvalue weighted by Crippen LogP contribution is 2.22. The van der Waals surface area contributed by atoms with Crippen molar-refractivity contribution in [3.63, 3.8) is 0 Å². The average molecular weight is 379 g/mol. The number of benzene rings is 2. The molecule has 0 aliphatic carbocycles. The Hall–Kier alpha value is -2.86. The SMILES string of the molecule is COc1ccc(N2CC[NH+]([C@@H](C)c3nnc(-c4cccc(C)c4)o3)CC2)cc1. The molecule has 6 nitrogen and oxygen atoms in total. The number of nitrogens with zero attached hydrogens (tertiary/aromatic N) is 3. The molecule has 1 aliphatic rings. The van der Waals surface area contributed by atoms with Gasteiger partial charge in [-0.2, -0.15) is 0 Å². The summed E-state index contributed by atoms with van der Waals surface area (Å²) in [5, 5.41) is 8.60. The lowest BCUT2D eigenvalue weighted by atomic mass is 10.1. The van der Waals surface area contributed by atoms with E-state index in [2.05, 4.69) is 53.2 Å². The van der Waals surface area contributed by atoms with E-state index in [9.17, 15) is 0 Å². The highest BCUT2D eigenvalue weighted by Gasteiger charge is 2.29. The Balaban J connectivity index is 1.39. The number of nitrogens with one attached hydrogen (secondary N) is 1. The molecule has 6 heteroatoms. The molecule has 1 N–H and O–H groups in total. The normalized spacial score (nSPS) is 16.2. The third-order valence-electron chi connectivity index (χ3n) is 5.53. The topological polar surface area (TPSA) is 55.8 Å². The first-order chi connectivity index (χ1) is 13.6. The van der Waals surface area contributed by atoms with E-state index < -0.39 is 0 Å². The molecule has 2 aromatic carbocycles. The summed E-state index contributed by atoms with van der Waals surface area (Å²) in [7, 11) is 1.69. The van der Waals surface area contributed by atoms with E-state index in [0.717, 1.165) is 37.5 Å². The van der Waals surface area contributed by atoms with Crippen molar-refractivity contribution < 1.29 is 14.1 Å². The van der Waals surface area contributed by atoms with Gasteiger partial charge in [0.05, 0.1) is 33.3 Å². The Bertz CT molecular complexity index is 914. The maximum Gasteiger partial charge on any atom is 0.274 e. The van der Waals surface area contributed by atoms with Crippen molar-refractivity contribution in [2.75, 3.05) is 38.2 Å². The van der Waals surface area contributed by atoms with Crippen LogP contribution in [0.2, 0.25) is 0 Å². The van der Waals surface area contributed by atoms with Crippen molar-refractivity contribution in [3.05, 3.63) is 60.0 Å². The quantitative estimate of drug-likeness (QED) is 0.738. The first kappa shape index (κ1) is 18.5. The van der Waals surface area contributed by atoms with Crippen molar-refractivity contribution in [1.82, 2.24) is 10.2 Å². The summed E-state index contributed by atoms with van der Waals surface area (Å²) in [5.41, 5.74) is 3.41. The summed E-state index contributed by atoms with van der Waals surface area (Å²) in [4.78, 5) is 3.89. The van der Waals surface area contributed by atoms with E-state index in [1.165, 1.54) is 16.2 Å². The van der Waals surface area contributed by atoms with Gasteiger partial charge in [0.25, 0.3) is 5.89 Å². The van der Waals surface area contributed by atoms with E-state index in [0.29, 0.717) is 11.8 Å². The van der Waals surface area contributed by atoms with Gasteiger partial charge in [-0.3, -0.25) is 0 Å². The van der Waals surface area contributed by atoms with Crippen LogP contribution in [0, 0.1) is 6.92 Å². The summed E-state index contributed by atoms with van der Waals surface area (Å²) >= 11 is 0. The van der Waals surface area contributed by atoms with Crippen molar-refractivity contribution in [3.8, 4) is 17.2 Å². The van der Waals surface area contributed by atoms with Gasteiger partial charge >= 0.3 is 0 Å². The fourth-order valence-corrected chi connectivity index (χ4v) is 3.76. The zero-order valence-corrected chi connectivity index (χ0v) is 16.7. The molecule has 146 valence electrons. The maximum absolute atomic E-state index is 6.01. The van der Waals surface area contributed by atoms with E-state index in [1.807, 2.05) is 24.3 Å². The summed E-state index contributed by atoms with van der Waals surface area (Å²) in [6.07, 6.45) is 0. The zero-order valence-electron chi connectivity index (χ0n) is 16.7. The van der Waals surface area contributed by atoms with Crippen molar-refractivity contribution in [1.29, 1.82) is 0 Å². The molecule has 28 heavy (non-hydrogen) atoms. The van der Waals surface area contributed by atoms with E-state index >= 15 is 0 Å². The van der Waals surface area contributed by atoms with Gasteiger partial charge in [-0.05, 0) is 50.2 Å². The molecule has 1 aromatic heterocycles. The molecule has 3 aromatic rings. The summed E-state index contributed by atoms with van der Waals surface area (Å²) in [6.45, 7) is 8.32. The van der Waals surface area contributed by atoms with Crippen molar-refractivity contribution in [2.24, 2.45) is 0 Å². The number of hydrogen-bond acceptors (Lipinski definition) is 5. The molecular formula is C22H27N4O2+. The molecule has 0 unspecified atom stereocenters. The molecule has 0 radical (unpaired) electrons. The average Bonchev–Trinajstić information content (AvgIpc) is 3.24. The summed E-state index contributed by atoms with van der Waals surface area (Å²) in [6, 6.07) is 16.6. The lowest BCUT2D eigenvalue weighted by Crippen LogP contribution is -3.14. The molecule has 4 rings (SSSR count). The van der Waals surface area contributed by atoms with Crippen molar-refractivity contribution in [2.45, 2.75) is 19.9 Å². The number of hydrogen-bond donors (Lipinski definition) is 1. The molecule has 1 aliphatic heterocycles. The second kappa shape index (κ2) is 8.02. The molecule has 1 atom stereocenters. The molecule has 1 saturated heterocycles. The van der Waals surface area contributed by atoms with Gasteiger partial charge in [0, 0.05) is 11.3 Å². The smallest absolute Gasteiger partial charge is 0.274 e. The van der Waals surface area contributed by atoms with Crippen LogP contribution in [0.4, 0.5) is 5.69 Å². The van der Waals surface area contributed by atoms with Crippen LogP contribution in [0.15, 0.2) is 52.9 Å². The number of anilines is 1. The van der Waals surface area contributed by atoms with Crippen LogP contribution in [0.1, 0.15) is 24.4 Å². The van der Waals surface area contributed by atoms with E-state index in [-0.39, 0.29) is 6.04 Å². The fourth-order valence-electron chi connectivity index (χ4n) is 3.76. The predicted octanol–water partition coefficient (Wildman–Crippen LogP) is 2.52. The highest BCUT2D eigenvalue weighted by atomic mass is 16.5. The first-order valence-corrected chi connectivity index (χ1v) is 9.78. The van der Waals surface area contributed by atoms with Gasteiger partial charge in [0.15, 0.2) is 6.04 Å². The predicted molar refractivity (Wildman–Crippen MR) is 109 cm³/mol. The van der Waals surface area contributed by atoms with Gasteiger partial charge in [-0.15, -0.1) is 10.2 Å². The minimum Gasteiger partial charge on any atom is -0.497 e. The Kier molecular flexibility index (Phi) is 5.30. The molecule has 0 amide bonds. The second-order valence-electron chi connectivity index (χ2n) is 7.38. The summed E-state index contributed by atoms with van der Waals surface area (Å²) < 4.78 is 11.3. The van der Waals surface area contributed by atoms with Gasteiger partial charge in [-0.1, -0.05) is 17.7 Å². The lowest BCUT2D eigenvalue weighted by Gasteiger charge is -2.35. The number of aromatic nitrogens is 2. The van der Waals surface area contributed by atoms with Gasteiger partial charge in [-0.25, -0.2) is 0 Å². The minimum atomic E-state index is 0.184. The Morgan fingerprint density at radius 1 is 1.07 bits per heavy atom. The standard InChI is InChI=1S/C22H26N4O2/c1-16-5-4-6-18(15-16)22-24-23-21(28-22)17(2)25-11-13-26(14-12-25)19-7-9-20(27-3)10-8-19/h4-10,15,17H,11-14H2,1-3H3/p+1/t17-/m0/s1. The van der Waals surface area contributed by atoms with Crippen LogP contribution < -0.4 is 14.5 Å². The van der Waals surface area contributed by atoms with Gasteiger partial charge in [0.2, 0.25) is 5.89 Å². The Morgan fingerprint density at radius 2 is 1.82 bits per heavy atom. The molecule has 1 fully saturated rings. The highest BCUT2D eigenvalue weighted by molar-refractivity contribution is 5.53. The number of piperazine rings is 1. The molecule has 0 saturated carbocycles. The van der Waals surface area contributed by atoms with Crippen molar-refractivity contribution >= 4 is 5.69 Å². The molecule has 2 heterocycles. The number of ether oxygens (including phenoxy) is 1. The van der Waals surface area contributed by atoms with Crippen LogP contribution in [-0.2, 0) is 0 Å². The van der Waals surface area contributed by atoms with Crippen LogP contribution >= 0.6 is 0 Å². The number of rotatable bonds is 5. The Morgan fingerprint density at radius 3 is 2.50 bits per heavy atom. The van der Waals surface area contributed by atoms with Gasteiger partial charge in [0.1, 0.15) is 5.75 Å². The van der Waals surface area contributed by atoms with Crippen LogP contribution in [0.25, 0.3) is 11.5 Å². The maximum atomic E-state index is 6.01. The van der Waals surface area contributed by atoms with Crippen LogP contribution in [0.3, 0.4) is 0 Å². The second-order valence-corrected chi connectivity index (χ2v) is 7.38.